The summed E-state index contributed by atoms with van der Waals surface area (Å²) < 4.78 is 5.07. The maximum absolute atomic E-state index is 11.5. The third-order valence-electron chi connectivity index (χ3n) is 3.17. The minimum absolute atomic E-state index is 0.282. The van der Waals surface area contributed by atoms with Gasteiger partial charge in [-0.25, -0.2) is 4.79 Å². The van der Waals surface area contributed by atoms with Crippen LogP contribution in [0.25, 0.3) is 17.2 Å². The van der Waals surface area contributed by atoms with Crippen LogP contribution in [0.4, 0.5) is 0 Å². The molecule has 0 unspecified atom stereocenters. The lowest BCUT2D eigenvalue weighted by Gasteiger charge is -2.02. The smallest absolute Gasteiger partial charge is 0.330 e. The first-order valence-corrected chi connectivity index (χ1v) is 7.30. The van der Waals surface area contributed by atoms with E-state index >= 15 is 0 Å². The van der Waals surface area contributed by atoms with Gasteiger partial charge in [0, 0.05) is 6.08 Å². The minimum Gasteiger partial charge on any atom is -0.463 e. The average Bonchev–Trinajstić information content (AvgIpc) is 2.54. The average molecular weight is 280 g/mol. The lowest BCUT2D eigenvalue weighted by atomic mass is 10.0. The number of rotatable bonds is 6. The predicted octanol–water partition coefficient (Wildman–Crippen LogP) is 4.71. The first-order chi connectivity index (χ1) is 10.3. The van der Waals surface area contributed by atoms with Gasteiger partial charge >= 0.3 is 5.97 Å². The Morgan fingerprint density at radius 3 is 2.33 bits per heavy atom. The van der Waals surface area contributed by atoms with Crippen molar-refractivity contribution >= 4 is 12.0 Å². The molecule has 0 amide bonds. The highest BCUT2D eigenvalue weighted by Crippen LogP contribution is 2.19. The highest BCUT2D eigenvalue weighted by Gasteiger charge is 1.98. The number of hydrogen-bond donors (Lipinski definition) is 0. The van der Waals surface area contributed by atoms with Crippen LogP contribution in [0.15, 0.2) is 60.7 Å². The Balaban J connectivity index is 1.95. The molecule has 0 aliphatic heterocycles. The minimum atomic E-state index is -0.282. The molecule has 0 heterocycles. The first-order valence-electron chi connectivity index (χ1n) is 7.30. The van der Waals surface area contributed by atoms with E-state index in [4.69, 9.17) is 4.74 Å². The van der Waals surface area contributed by atoms with Gasteiger partial charge in [0.25, 0.3) is 0 Å². The molecule has 21 heavy (non-hydrogen) atoms. The summed E-state index contributed by atoms with van der Waals surface area (Å²) in [5, 5.41) is 0. The van der Waals surface area contributed by atoms with Crippen LogP contribution in [-0.4, -0.2) is 12.6 Å². The van der Waals surface area contributed by atoms with Crippen LogP contribution >= 0.6 is 0 Å². The van der Waals surface area contributed by atoms with Crippen LogP contribution in [0.2, 0.25) is 0 Å². The molecule has 0 aliphatic carbocycles. The van der Waals surface area contributed by atoms with Crippen molar-refractivity contribution in [3.8, 4) is 11.1 Å². The van der Waals surface area contributed by atoms with E-state index in [1.54, 1.807) is 6.08 Å². The summed E-state index contributed by atoms with van der Waals surface area (Å²) in [6.45, 7) is 2.56. The Labute approximate surface area is 126 Å². The zero-order chi connectivity index (χ0) is 14.9. The quantitative estimate of drug-likeness (QED) is 0.435. The van der Waals surface area contributed by atoms with Gasteiger partial charge in [0.1, 0.15) is 0 Å². The number of carbonyl (C=O) groups is 1. The fourth-order valence-corrected chi connectivity index (χ4v) is 1.95. The molecular weight excluding hydrogens is 260 g/mol. The Bertz CT molecular complexity index is 583. The van der Waals surface area contributed by atoms with E-state index < -0.39 is 0 Å². The van der Waals surface area contributed by atoms with Crippen molar-refractivity contribution in [2.24, 2.45) is 0 Å². The third kappa shape index (κ3) is 4.92. The van der Waals surface area contributed by atoms with Gasteiger partial charge in [-0.05, 0) is 29.2 Å². The van der Waals surface area contributed by atoms with E-state index in [0.717, 1.165) is 18.4 Å². The van der Waals surface area contributed by atoms with Crippen LogP contribution in [0.3, 0.4) is 0 Å². The molecule has 2 aromatic carbocycles. The molecule has 2 aromatic rings. The molecule has 0 aliphatic rings. The zero-order valence-corrected chi connectivity index (χ0v) is 12.3. The second-order valence-electron chi connectivity index (χ2n) is 4.84. The van der Waals surface area contributed by atoms with Gasteiger partial charge in [0.2, 0.25) is 0 Å². The maximum Gasteiger partial charge on any atom is 0.330 e. The molecule has 2 rings (SSSR count). The molecule has 108 valence electrons. The van der Waals surface area contributed by atoms with E-state index in [-0.39, 0.29) is 5.97 Å². The number of ether oxygens (including phenoxy) is 1. The summed E-state index contributed by atoms with van der Waals surface area (Å²) in [6.07, 6.45) is 5.19. The van der Waals surface area contributed by atoms with Crippen molar-refractivity contribution in [1.29, 1.82) is 0 Å². The number of unbranched alkanes of at least 4 members (excludes halogenated alkanes) is 1. The van der Waals surface area contributed by atoms with Crippen LogP contribution in [0.1, 0.15) is 25.3 Å². The molecule has 0 aromatic heterocycles. The van der Waals surface area contributed by atoms with Crippen molar-refractivity contribution in [3.05, 3.63) is 66.2 Å². The molecule has 2 nitrogen and oxygen atoms in total. The van der Waals surface area contributed by atoms with Crippen LogP contribution in [0, 0.1) is 0 Å². The van der Waals surface area contributed by atoms with Gasteiger partial charge in [0.15, 0.2) is 0 Å². The van der Waals surface area contributed by atoms with Gasteiger partial charge in [-0.15, -0.1) is 0 Å². The van der Waals surface area contributed by atoms with E-state index in [2.05, 4.69) is 31.2 Å². The van der Waals surface area contributed by atoms with Gasteiger partial charge < -0.3 is 4.74 Å². The zero-order valence-electron chi connectivity index (χ0n) is 12.3. The summed E-state index contributed by atoms with van der Waals surface area (Å²) in [7, 11) is 0. The summed E-state index contributed by atoms with van der Waals surface area (Å²) in [5.41, 5.74) is 3.34. The Hall–Kier alpha value is -2.35. The monoisotopic (exact) mass is 280 g/mol. The Kier molecular flexibility index (Phi) is 5.77. The molecule has 0 bridgehead atoms. The third-order valence-corrected chi connectivity index (χ3v) is 3.17. The van der Waals surface area contributed by atoms with E-state index in [1.807, 2.05) is 30.3 Å². The predicted molar refractivity (Wildman–Crippen MR) is 86.8 cm³/mol. The van der Waals surface area contributed by atoms with Crippen molar-refractivity contribution in [2.45, 2.75) is 19.8 Å². The Morgan fingerprint density at radius 1 is 1.00 bits per heavy atom. The molecule has 0 atom stereocenters. The lowest BCUT2D eigenvalue weighted by Crippen LogP contribution is -2.01. The normalized spacial score (nSPS) is 10.7. The van der Waals surface area contributed by atoms with Crippen molar-refractivity contribution in [1.82, 2.24) is 0 Å². The number of hydrogen-bond acceptors (Lipinski definition) is 2. The standard InChI is InChI=1S/C19H20O2/c1-2-3-15-21-19(20)14-11-16-9-12-18(13-10-16)17-7-5-4-6-8-17/h4-14H,2-3,15H2,1H3. The van der Waals surface area contributed by atoms with E-state index in [1.165, 1.54) is 17.2 Å². The van der Waals surface area contributed by atoms with Gasteiger partial charge in [-0.2, -0.15) is 0 Å². The highest BCUT2D eigenvalue weighted by molar-refractivity contribution is 5.87. The van der Waals surface area contributed by atoms with Gasteiger partial charge in [0.05, 0.1) is 6.61 Å². The summed E-state index contributed by atoms with van der Waals surface area (Å²) in [5.74, 6) is -0.282. The molecule has 0 radical (unpaired) electrons. The molecule has 0 spiro atoms. The topological polar surface area (TPSA) is 26.3 Å². The van der Waals surface area contributed by atoms with Gasteiger partial charge in [-0.3, -0.25) is 0 Å². The van der Waals surface area contributed by atoms with Crippen molar-refractivity contribution in [3.63, 3.8) is 0 Å². The number of benzene rings is 2. The van der Waals surface area contributed by atoms with Gasteiger partial charge in [-0.1, -0.05) is 67.9 Å². The molecule has 0 saturated heterocycles. The first kappa shape index (κ1) is 15.0. The second kappa shape index (κ2) is 8.05. The Morgan fingerprint density at radius 2 is 1.67 bits per heavy atom. The van der Waals surface area contributed by atoms with Crippen LogP contribution in [-0.2, 0) is 9.53 Å². The second-order valence-corrected chi connectivity index (χ2v) is 4.84. The highest BCUT2D eigenvalue weighted by atomic mass is 16.5. The molecular formula is C19H20O2. The number of carbonyl (C=O) groups excluding carboxylic acids is 1. The summed E-state index contributed by atoms with van der Waals surface area (Å²) in [6, 6.07) is 18.3. The number of esters is 1. The van der Waals surface area contributed by atoms with E-state index in [0.29, 0.717) is 6.61 Å². The largest absolute Gasteiger partial charge is 0.463 e. The molecule has 0 N–H and O–H groups in total. The lowest BCUT2D eigenvalue weighted by molar-refractivity contribution is -0.137. The fourth-order valence-electron chi connectivity index (χ4n) is 1.95. The summed E-state index contributed by atoms with van der Waals surface area (Å²) in [4.78, 5) is 11.5. The van der Waals surface area contributed by atoms with Crippen molar-refractivity contribution in [2.75, 3.05) is 6.61 Å². The van der Waals surface area contributed by atoms with Crippen LogP contribution in [0.5, 0.6) is 0 Å². The molecule has 2 heteroatoms. The van der Waals surface area contributed by atoms with Crippen LogP contribution < -0.4 is 0 Å². The summed E-state index contributed by atoms with van der Waals surface area (Å²) >= 11 is 0. The molecule has 0 saturated carbocycles. The van der Waals surface area contributed by atoms with Crippen molar-refractivity contribution < 1.29 is 9.53 Å². The molecule has 0 fully saturated rings. The fraction of sp³-hybridized carbons (Fsp3) is 0.211. The maximum atomic E-state index is 11.5. The SMILES string of the molecule is CCCCOC(=O)C=Cc1ccc(-c2ccccc2)cc1. The van der Waals surface area contributed by atoms with E-state index in [9.17, 15) is 4.79 Å².